The minimum atomic E-state index is -0.872. The number of halogens is 2. The number of aliphatic hydroxyl groups is 1. The maximum atomic E-state index is 13.4. The van der Waals surface area contributed by atoms with Gasteiger partial charge in [-0.3, -0.25) is 14.5 Å². The van der Waals surface area contributed by atoms with Gasteiger partial charge >= 0.3 is 0 Å². The van der Waals surface area contributed by atoms with Crippen LogP contribution in [0.2, 0.25) is 10.0 Å². The summed E-state index contributed by atoms with van der Waals surface area (Å²) in [7, 11) is 3.32. The Morgan fingerprint density at radius 2 is 1.60 bits per heavy atom. The first-order chi connectivity index (χ1) is 16.8. The number of fused-ring (bicyclic) bond motifs is 1. The van der Waals surface area contributed by atoms with E-state index >= 15 is 0 Å². The van der Waals surface area contributed by atoms with Crippen molar-refractivity contribution in [3.05, 3.63) is 99.7 Å². The van der Waals surface area contributed by atoms with Gasteiger partial charge in [-0.2, -0.15) is 0 Å². The average Bonchev–Trinajstić information content (AvgIpc) is 3.32. The molecule has 0 saturated carbocycles. The van der Waals surface area contributed by atoms with Crippen molar-refractivity contribution in [3.8, 4) is 5.75 Å². The molecule has 176 valence electrons. The zero-order valence-electron chi connectivity index (χ0n) is 18.8. The molecular formula is C27H20Cl2N2O4. The number of nitrogens with zero attached hydrogens (tertiary/aromatic N) is 2. The maximum Gasteiger partial charge on any atom is 0.300 e. The van der Waals surface area contributed by atoms with E-state index in [-0.39, 0.29) is 32.7 Å². The number of hydrogen-bond donors (Lipinski definition) is 1. The molecule has 1 saturated heterocycles. The predicted octanol–water partition coefficient (Wildman–Crippen LogP) is 6.12. The van der Waals surface area contributed by atoms with Crippen LogP contribution >= 0.6 is 23.2 Å². The molecule has 1 fully saturated rings. The molecule has 3 aromatic carbocycles. The van der Waals surface area contributed by atoms with Gasteiger partial charge < -0.3 is 14.4 Å². The molecule has 5 rings (SSSR count). The van der Waals surface area contributed by atoms with Gasteiger partial charge in [0.2, 0.25) is 0 Å². The van der Waals surface area contributed by atoms with Crippen LogP contribution in [0.25, 0.3) is 16.7 Å². The molecular weight excluding hydrogens is 487 g/mol. The summed E-state index contributed by atoms with van der Waals surface area (Å²) in [6.07, 6.45) is 1.87. The zero-order valence-corrected chi connectivity index (χ0v) is 20.3. The van der Waals surface area contributed by atoms with Gasteiger partial charge in [0, 0.05) is 41.0 Å². The van der Waals surface area contributed by atoms with Crippen molar-refractivity contribution in [3.63, 3.8) is 0 Å². The first-order valence-electron chi connectivity index (χ1n) is 10.8. The molecule has 1 unspecified atom stereocenters. The second-order valence-electron chi connectivity index (χ2n) is 8.19. The lowest BCUT2D eigenvalue weighted by molar-refractivity contribution is -0.132. The third-order valence-electron chi connectivity index (χ3n) is 6.18. The van der Waals surface area contributed by atoms with Crippen LogP contribution in [-0.2, 0) is 16.6 Å². The summed E-state index contributed by atoms with van der Waals surface area (Å²) in [6, 6.07) is 18.6. The number of anilines is 1. The number of para-hydroxylation sites is 2. The van der Waals surface area contributed by atoms with Gasteiger partial charge in [0.1, 0.15) is 5.76 Å². The molecule has 1 atom stereocenters. The fourth-order valence-electron chi connectivity index (χ4n) is 4.62. The molecule has 1 aliphatic heterocycles. The predicted molar refractivity (Wildman–Crippen MR) is 137 cm³/mol. The number of carbonyl (C=O) groups excluding carboxylic acids is 2. The fraction of sp³-hybridized carbons (Fsp3) is 0.111. The molecule has 8 heteroatoms. The number of aromatic nitrogens is 1. The minimum Gasteiger partial charge on any atom is -0.507 e. The Labute approximate surface area is 211 Å². The Bertz CT molecular complexity index is 1500. The number of aryl methyl sites for hydroxylation is 1. The summed E-state index contributed by atoms with van der Waals surface area (Å²) in [5.41, 5.74) is 2.33. The molecule has 1 aromatic heterocycles. The molecule has 0 radical (unpaired) electrons. The van der Waals surface area contributed by atoms with Crippen LogP contribution in [0.4, 0.5) is 5.69 Å². The van der Waals surface area contributed by atoms with Gasteiger partial charge in [0.05, 0.1) is 28.8 Å². The van der Waals surface area contributed by atoms with Crippen molar-refractivity contribution in [1.82, 2.24) is 4.57 Å². The average molecular weight is 507 g/mol. The third kappa shape index (κ3) is 3.66. The van der Waals surface area contributed by atoms with Gasteiger partial charge in [0.15, 0.2) is 5.75 Å². The van der Waals surface area contributed by atoms with Gasteiger partial charge in [-0.05, 0) is 30.3 Å². The van der Waals surface area contributed by atoms with E-state index < -0.39 is 17.7 Å². The highest BCUT2D eigenvalue weighted by molar-refractivity contribution is 6.52. The topological polar surface area (TPSA) is 71.8 Å². The van der Waals surface area contributed by atoms with E-state index in [0.29, 0.717) is 11.3 Å². The second-order valence-corrected chi connectivity index (χ2v) is 9.00. The molecule has 35 heavy (non-hydrogen) atoms. The van der Waals surface area contributed by atoms with Crippen molar-refractivity contribution < 1.29 is 19.4 Å². The van der Waals surface area contributed by atoms with Crippen LogP contribution in [0.3, 0.4) is 0 Å². The molecule has 0 bridgehead atoms. The Morgan fingerprint density at radius 3 is 2.26 bits per heavy atom. The van der Waals surface area contributed by atoms with Crippen LogP contribution in [0.5, 0.6) is 5.75 Å². The van der Waals surface area contributed by atoms with Crippen molar-refractivity contribution in [2.24, 2.45) is 7.05 Å². The molecule has 1 aliphatic rings. The number of hydrogen-bond acceptors (Lipinski definition) is 4. The molecule has 2 heterocycles. The summed E-state index contributed by atoms with van der Waals surface area (Å²) >= 11 is 12.6. The zero-order chi connectivity index (χ0) is 24.9. The fourth-order valence-corrected chi connectivity index (χ4v) is 5.26. The highest BCUT2D eigenvalue weighted by Crippen LogP contribution is 2.45. The van der Waals surface area contributed by atoms with E-state index in [0.717, 1.165) is 10.9 Å². The number of carbonyl (C=O) groups is 2. The standard InChI is InChI=1S/C27H20Cl2N2O4/c1-30-14-18(17-10-6-7-11-21(17)30)23-22(24(32)15-12-19(28)26(35-2)20(29)13-15)25(33)27(34)31(23)16-8-4-3-5-9-16/h3-14,23,32H,1-2H3/b24-22+. The first kappa shape index (κ1) is 23.0. The van der Waals surface area contributed by atoms with E-state index in [1.54, 1.807) is 24.3 Å². The Kier molecular flexibility index (Phi) is 5.79. The number of rotatable bonds is 4. The van der Waals surface area contributed by atoms with Crippen molar-refractivity contribution in [1.29, 1.82) is 0 Å². The van der Waals surface area contributed by atoms with Gasteiger partial charge in [-0.1, -0.05) is 59.6 Å². The summed E-state index contributed by atoms with van der Waals surface area (Å²) < 4.78 is 7.12. The lowest BCUT2D eigenvalue weighted by atomic mass is 9.94. The number of ketones is 1. The molecule has 0 aliphatic carbocycles. The van der Waals surface area contributed by atoms with Crippen LogP contribution in [0, 0.1) is 0 Å². The van der Waals surface area contributed by atoms with Crippen molar-refractivity contribution in [2.45, 2.75) is 6.04 Å². The number of methoxy groups -OCH3 is 1. The van der Waals surface area contributed by atoms with Crippen LogP contribution in [0.1, 0.15) is 17.2 Å². The van der Waals surface area contributed by atoms with Crippen molar-refractivity contribution >= 4 is 57.2 Å². The molecule has 1 amide bonds. The van der Waals surface area contributed by atoms with Crippen molar-refractivity contribution in [2.75, 3.05) is 12.0 Å². The lowest BCUT2D eigenvalue weighted by Gasteiger charge is -2.25. The molecule has 6 nitrogen and oxygen atoms in total. The number of ether oxygens (including phenoxy) is 1. The van der Waals surface area contributed by atoms with Crippen LogP contribution < -0.4 is 9.64 Å². The lowest BCUT2D eigenvalue weighted by Crippen LogP contribution is -2.29. The number of amides is 1. The quantitative estimate of drug-likeness (QED) is 0.205. The largest absolute Gasteiger partial charge is 0.507 e. The van der Waals surface area contributed by atoms with Crippen LogP contribution in [-0.4, -0.2) is 28.5 Å². The molecule has 0 spiro atoms. The summed E-state index contributed by atoms with van der Waals surface area (Å²) in [5, 5.41) is 12.6. The SMILES string of the molecule is COc1c(Cl)cc(/C(O)=C2\C(=O)C(=O)N(c3ccccc3)C2c2cn(C)c3ccccc23)cc1Cl. The second kappa shape index (κ2) is 8.80. The molecule has 1 N–H and O–H groups in total. The highest BCUT2D eigenvalue weighted by atomic mass is 35.5. The minimum absolute atomic E-state index is 0.0486. The first-order valence-corrected chi connectivity index (χ1v) is 11.5. The Balaban J connectivity index is 1.80. The van der Waals surface area contributed by atoms with Crippen LogP contribution in [0.15, 0.2) is 78.5 Å². The van der Waals surface area contributed by atoms with Gasteiger partial charge in [-0.15, -0.1) is 0 Å². The number of benzene rings is 3. The normalized spacial score (nSPS) is 17.4. The molecule has 4 aromatic rings. The summed E-state index contributed by atoms with van der Waals surface area (Å²) in [6.45, 7) is 0. The smallest absolute Gasteiger partial charge is 0.300 e. The Morgan fingerprint density at radius 1 is 0.971 bits per heavy atom. The summed E-state index contributed by atoms with van der Waals surface area (Å²) in [4.78, 5) is 28.2. The number of aliphatic hydroxyl groups excluding tert-OH is 1. The maximum absolute atomic E-state index is 13.4. The number of Topliss-reactive ketones (excluding diaryl/α,β-unsaturated/α-hetero) is 1. The summed E-state index contributed by atoms with van der Waals surface area (Å²) in [5.74, 6) is -1.65. The van der Waals surface area contributed by atoms with E-state index in [4.69, 9.17) is 27.9 Å². The highest BCUT2D eigenvalue weighted by Gasteiger charge is 2.47. The Hall–Kier alpha value is -3.74. The van der Waals surface area contributed by atoms with E-state index in [1.807, 2.05) is 48.1 Å². The van der Waals surface area contributed by atoms with Gasteiger partial charge in [-0.25, -0.2) is 0 Å². The van der Waals surface area contributed by atoms with Gasteiger partial charge in [0.25, 0.3) is 11.7 Å². The third-order valence-corrected chi connectivity index (χ3v) is 6.74. The monoisotopic (exact) mass is 506 g/mol. The van der Waals surface area contributed by atoms with E-state index in [9.17, 15) is 14.7 Å². The van der Waals surface area contributed by atoms with E-state index in [1.165, 1.54) is 24.1 Å². The van der Waals surface area contributed by atoms with E-state index in [2.05, 4.69) is 0 Å².